The summed E-state index contributed by atoms with van der Waals surface area (Å²) in [6.45, 7) is 4.49. The van der Waals surface area contributed by atoms with Gasteiger partial charge in [-0.2, -0.15) is 10.1 Å². The van der Waals surface area contributed by atoms with Crippen molar-refractivity contribution in [3.63, 3.8) is 0 Å². The third-order valence-electron chi connectivity index (χ3n) is 5.13. The van der Waals surface area contributed by atoms with Crippen molar-refractivity contribution in [1.82, 2.24) is 24.6 Å². The third kappa shape index (κ3) is 4.04. The molecule has 8 heteroatoms. The van der Waals surface area contributed by atoms with Crippen LogP contribution < -0.4 is 5.32 Å². The van der Waals surface area contributed by atoms with E-state index in [4.69, 9.17) is 4.98 Å². The Balaban J connectivity index is 1.81. The Labute approximate surface area is 178 Å². The molecule has 0 amide bonds. The van der Waals surface area contributed by atoms with Gasteiger partial charge in [0.25, 0.3) is 0 Å². The molecule has 3 aromatic rings. The van der Waals surface area contributed by atoms with E-state index in [1.165, 1.54) is 0 Å². The number of halogens is 1. The Morgan fingerprint density at radius 2 is 2.14 bits per heavy atom. The number of rotatable bonds is 7. The van der Waals surface area contributed by atoms with Crippen LogP contribution in [-0.4, -0.2) is 57.6 Å². The fourth-order valence-corrected chi connectivity index (χ4v) is 4.15. The lowest BCUT2D eigenvalue weighted by molar-refractivity contribution is -0.118. The van der Waals surface area contributed by atoms with Crippen LogP contribution in [0.4, 0.5) is 5.95 Å². The molecule has 29 heavy (non-hydrogen) atoms. The number of fused-ring (bicyclic) bond motifs is 2. The van der Waals surface area contributed by atoms with Gasteiger partial charge in [-0.1, -0.05) is 28.9 Å². The molecular formula is C21H25BrN6O. The van der Waals surface area contributed by atoms with Crippen molar-refractivity contribution in [3.05, 3.63) is 45.7 Å². The topological polar surface area (TPSA) is 75.9 Å². The van der Waals surface area contributed by atoms with Crippen molar-refractivity contribution in [2.75, 3.05) is 32.5 Å². The molecule has 1 aliphatic carbocycles. The van der Waals surface area contributed by atoms with Crippen LogP contribution in [0.1, 0.15) is 36.1 Å². The van der Waals surface area contributed by atoms with E-state index in [1.807, 2.05) is 43.2 Å². The van der Waals surface area contributed by atoms with Gasteiger partial charge < -0.3 is 10.2 Å². The van der Waals surface area contributed by atoms with Gasteiger partial charge in [0.15, 0.2) is 11.4 Å². The van der Waals surface area contributed by atoms with Gasteiger partial charge in [0.05, 0.1) is 17.0 Å². The smallest absolute Gasteiger partial charge is 0.225 e. The number of aryl methyl sites for hydroxylation is 1. The van der Waals surface area contributed by atoms with Gasteiger partial charge in [0.1, 0.15) is 0 Å². The van der Waals surface area contributed by atoms with Crippen LogP contribution in [0.2, 0.25) is 0 Å². The standard InChI is InChI=1S/C21H25BrN6O/c1-4-8-28-12-16-19(18-15-11-14(22)6-5-13(15)10-17(18)29)24-21(25-20(16)26-28)23-7-9-27(2)3/h5-6,11-12,18H,4,7-10H2,1-3H3,(H,23,25,26). The summed E-state index contributed by atoms with van der Waals surface area (Å²) < 4.78 is 2.86. The van der Waals surface area contributed by atoms with E-state index in [0.717, 1.165) is 46.2 Å². The molecule has 1 aromatic carbocycles. The normalized spacial score (nSPS) is 16.0. The highest BCUT2D eigenvalue weighted by atomic mass is 79.9. The molecule has 7 nitrogen and oxygen atoms in total. The largest absolute Gasteiger partial charge is 0.353 e. The summed E-state index contributed by atoms with van der Waals surface area (Å²) in [6, 6.07) is 6.04. The lowest BCUT2D eigenvalue weighted by Crippen LogP contribution is -2.22. The third-order valence-corrected chi connectivity index (χ3v) is 5.62. The van der Waals surface area contributed by atoms with Crippen molar-refractivity contribution >= 4 is 38.7 Å². The maximum absolute atomic E-state index is 13.0. The highest BCUT2D eigenvalue weighted by Gasteiger charge is 2.35. The number of likely N-dealkylation sites (N-methyl/N-ethyl adjacent to an activating group) is 1. The molecule has 0 bridgehead atoms. The summed E-state index contributed by atoms with van der Waals surface area (Å²) >= 11 is 3.54. The Kier molecular flexibility index (Phi) is 5.65. The van der Waals surface area contributed by atoms with Crippen LogP contribution in [0.25, 0.3) is 11.0 Å². The number of carbonyl (C=O) groups is 1. The van der Waals surface area contributed by atoms with Crippen molar-refractivity contribution in [2.45, 2.75) is 32.2 Å². The number of anilines is 1. The molecule has 1 N–H and O–H groups in total. The number of nitrogens with one attached hydrogen (secondary N) is 1. The van der Waals surface area contributed by atoms with E-state index >= 15 is 0 Å². The SMILES string of the molecule is CCCn1cc2c(C3C(=O)Cc4ccc(Br)cc43)nc(NCCN(C)C)nc2n1. The second kappa shape index (κ2) is 8.20. The van der Waals surface area contributed by atoms with Gasteiger partial charge in [-0.25, -0.2) is 4.98 Å². The lowest BCUT2D eigenvalue weighted by Gasteiger charge is -2.14. The molecule has 152 valence electrons. The molecule has 0 aliphatic heterocycles. The van der Waals surface area contributed by atoms with Gasteiger partial charge in [0.2, 0.25) is 5.95 Å². The zero-order valence-corrected chi connectivity index (χ0v) is 18.5. The molecule has 0 saturated carbocycles. The Morgan fingerprint density at radius 1 is 1.31 bits per heavy atom. The highest BCUT2D eigenvalue weighted by molar-refractivity contribution is 9.10. The van der Waals surface area contributed by atoms with Crippen LogP contribution in [0.15, 0.2) is 28.9 Å². The maximum atomic E-state index is 13.0. The first kappa shape index (κ1) is 20.0. The Bertz CT molecular complexity index is 1060. The number of hydrogen-bond acceptors (Lipinski definition) is 6. The van der Waals surface area contributed by atoms with Gasteiger partial charge in [-0.05, 0) is 43.8 Å². The molecule has 0 spiro atoms. The highest BCUT2D eigenvalue weighted by Crippen LogP contribution is 2.39. The number of carbonyl (C=O) groups excluding carboxylic acids is 1. The first-order chi connectivity index (χ1) is 14.0. The van der Waals surface area contributed by atoms with Crippen LogP contribution in [0.3, 0.4) is 0 Å². The number of aromatic nitrogens is 4. The average molecular weight is 457 g/mol. The van der Waals surface area contributed by atoms with Crippen LogP contribution >= 0.6 is 15.9 Å². The van der Waals surface area contributed by atoms with Crippen molar-refractivity contribution in [2.24, 2.45) is 0 Å². The molecule has 1 atom stereocenters. The van der Waals surface area contributed by atoms with Gasteiger partial charge >= 0.3 is 0 Å². The van der Waals surface area contributed by atoms with Crippen LogP contribution in [0.5, 0.6) is 0 Å². The van der Waals surface area contributed by atoms with E-state index in [-0.39, 0.29) is 11.7 Å². The van der Waals surface area contributed by atoms with Crippen molar-refractivity contribution in [3.8, 4) is 0 Å². The van der Waals surface area contributed by atoms with E-state index in [1.54, 1.807) is 0 Å². The first-order valence-corrected chi connectivity index (χ1v) is 10.7. The van der Waals surface area contributed by atoms with Crippen molar-refractivity contribution in [1.29, 1.82) is 0 Å². The zero-order valence-electron chi connectivity index (χ0n) is 16.9. The minimum absolute atomic E-state index is 0.167. The minimum Gasteiger partial charge on any atom is -0.353 e. The van der Waals surface area contributed by atoms with Gasteiger partial charge in [-0.15, -0.1) is 0 Å². The molecule has 2 aromatic heterocycles. The van der Waals surface area contributed by atoms with Gasteiger partial charge in [-0.3, -0.25) is 9.48 Å². The number of nitrogens with zero attached hydrogens (tertiary/aromatic N) is 5. The molecule has 1 aliphatic rings. The zero-order chi connectivity index (χ0) is 20.5. The number of hydrogen-bond donors (Lipinski definition) is 1. The summed E-state index contributed by atoms with van der Waals surface area (Å²) in [5.41, 5.74) is 3.46. The summed E-state index contributed by atoms with van der Waals surface area (Å²) in [5.74, 6) is 0.301. The predicted octanol–water partition coefficient (Wildman–Crippen LogP) is 3.23. The lowest BCUT2D eigenvalue weighted by atomic mass is 9.95. The Morgan fingerprint density at radius 3 is 2.90 bits per heavy atom. The van der Waals surface area contributed by atoms with Crippen LogP contribution in [-0.2, 0) is 17.8 Å². The predicted molar refractivity (Wildman–Crippen MR) is 117 cm³/mol. The van der Waals surface area contributed by atoms with E-state index in [2.05, 4.69) is 43.2 Å². The monoisotopic (exact) mass is 456 g/mol. The average Bonchev–Trinajstić information content (AvgIpc) is 3.20. The number of benzene rings is 1. The second-order valence-corrected chi connectivity index (χ2v) is 8.63. The first-order valence-electron chi connectivity index (χ1n) is 9.91. The van der Waals surface area contributed by atoms with E-state index in [0.29, 0.717) is 24.6 Å². The maximum Gasteiger partial charge on any atom is 0.225 e. The van der Waals surface area contributed by atoms with E-state index < -0.39 is 0 Å². The summed E-state index contributed by atoms with van der Waals surface area (Å²) in [6.07, 6.45) is 3.38. The summed E-state index contributed by atoms with van der Waals surface area (Å²) in [5, 5.41) is 8.77. The molecule has 0 saturated heterocycles. The molecule has 0 fully saturated rings. The van der Waals surface area contributed by atoms with E-state index in [9.17, 15) is 4.79 Å². The minimum atomic E-state index is -0.387. The fraction of sp³-hybridized carbons (Fsp3) is 0.429. The van der Waals surface area contributed by atoms with Crippen LogP contribution in [0, 0.1) is 0 Å². The molecule has 2 heterocycles. The number of ketones is 1. The molecule has 4 rings (SSSR count). The fourth-order valence-electron chi connectivity index (χ4n) is 3.77. The number of Topliss-reactive ketones (excluding diaryl/α,β-unsaturated/α-hetero) is 1. The molecule has 0 radical (unpaired) electrons. The van der Waals surface area contributed by atoms with Crippen molar-refractivity contribution < 1.29 is 4.79 Å². The summed E-state index contributed by atoms with van der Waals surface area (Å²) in [7, 11) is 4.05. The second-order valence-electron chi connectivity index (χ2n) is 7.71. The van der Waals surface area contributed by atoms with Gasteiger partial charge in [0, 0.05) is 36.7 Å². The quantitative estimate of drug-likeness (QED) is 0.587. The Hall–Kier alpha value is -2.32. The molecule has 1 unspecified atom stereocenters. The summed E-state index contributed by atoms with van der Waals surface area (Å²) in [4.78, 5) is 24.5. The molecular weight excluding hydrogens is 432 g/mol.